The lowest BCUT2D eigenvalue weighted by molar-refractivity contribution is -0.384. The van der Waals surface area contributed by atoms with Crippen LogP contribution >= 0.6 is 27.3 Å². The summed E-state index contributed by atoms with van der Waals surface area (Å²) in [5, 5.41) is 16.7. The van der Waals surface area contributed by atoms with Crippen molar-refractivity contribution in [2.45, 2.75) is 0 Å². The Balaban J connectivity index is 2.36. The summed E-state index contributed by atoms with van der Waals surface area (Å²) < 4.78 is 0.756. The van der Waals surface area contributed by atoms with E-state index in [2.05, 4.69) is 31.5 Å². The minimum atomic E-state index is -0.585. The molecule has 0 aliphatic heterocycles. The lowest BCUT2D eigenvalue weighted by Gasteiger charge is -2.06. The molecule has 0 fully saturated rings. The number of nitrogens with one attached hydrogen (secondary N) is 2. The van der Waals surface area contributed by atoms with Crippen LogP contribution in [0.4, 0.5) is 16.5 Å². The Kier molecular flexibility index (Phi) is 4.30. The molecular weight excluding hydrogens is 348 g/mol. The summed E-state index contributed by atoms with van der Waals surface area (Å²) in [7, 11) is 1.56. The van der Waals surface area contributed by atoms with Gasteiger partial charge >= 0.3 is 5.69 Å². The zero-order chi connectivity index (χ0) is 14.7. The number of rotatable bonds is 4. The highest BCUT2D eigenvalue weighted by Crippen LogP contribution is 2.30. The van der Waals surface area contributed by atoms with Crippen LogP contribution in [0.25, 0.3) is 0 Å². The number of para-hydroxylation sites is 1. The van der Waals surface area contributed by atoms with E-state index in [1.165, 1.54) is 23.5 Å². The Morgan fingerprint density at radius 3 is 2.80 bits per heavy atom. The molecule has 2 N–H and O–H groups in total. The standard InChI is InChI=1S/C11H9BrN4O3S/c1-13-7-4-2-3-6(9(7)16(18)19)10(17)15-11-14-5-8(12)20-11/h2-5,13H,1H3,(H,14,15,17). The van der Waals surface area contributed by atoms with Gasteiger partial charge < -0.3 is 5.32 Å². The van der Waals surface area contributed by atoms with Crippen LogP contribution in [0.15, 0.2) is 28.2 Å². The van der Waals surface area contributed by atoms with E-state index in [0.717, 1.165) is 3.79 Å². The normalized spacial score (nSPS) is 10.1. The van der Waals surface area contributed by atoms with Gasteiger partial charge in [-0.05, 0) is 28.1 Å². The molecule has 0 aliphatic carbocycles. The molecule has 9 heteroatoms. The van der Waals surface area contributed by atoms with Gasteiger partial charge in [0.25, 0.3) is 5.91 Å². The van der Waals surface area contributed by atoms with E-state index < -0.39 is 10.8 Å². The molecule has 0 atom stereocenters. The third-order valence-corrected chi connectivity index (χ3v) is 3.82. The lowest BCUT2D eigenvalue weighted by atomic mass is 10.1. The summed E-state index contributed by atoms with van der Waals surface area (Å²) in [4.78, 5) is 26.6. The number of nitro benzene ring substituents is 1. The second-order valence-electron chi connectivity index (χ2n) is 3.63. The molecule has 1 aromatic carbocycles. The fourth-order valence-electron chi connectivity index (χ4n) is 1.60. The van der Waals surface area contributed by atoms with Crippen molar-refractivity contribution >= 4 is 49.7 Å². The summed E-state index contributed by atoms with van der Waals surface area (Å²) in [6, 6.07) is 4.51. The van der Waals surface area contributed by atoms with Gasteiger partial charge in [-0.3, -0.25) is 20.2 Å². The maximum atomic E-state index is 12.1. The third-order valence-electron chi connectivity index (χ3n) is 2.43. The maximum Gasteiger partial charge on any atom is 0.305 e. The van der Waals surface area contributed by atoms with Gasteiger partial charge in [0.2, 0.25) is 0 Å². The van der Waals surface area contributed by atoms with Crippen molar-refractivity contribution in [1.29, 1.82) is 0 Å². The van der Waals surface area contributed by atoms with E-state index in [-0.39, 0.29) is 16.9 Å². The molecule has 0 aliphatic rings. The summed E-state index contributed by atoms with van der Waals surface area (Å²) in [5.41, 5.74) is -0.000682. The highest BCUT2D eigenvalue weighted by Gasteiger charge is 2.24. The molecule has 2 aromatic rings. The summed E-state index contributed by atoms with van der Waals surface area (Å²) in [5.74, 6) is -0.573. The van der Waals surface area contributed by atoms with E-state index >= 15 is 0 Å². The first-order chi connectivity index (χ1) is 9.52. The van der Waals surface area contributed by atoms with Crippen molar-refractivity contribution in [3.63, 3.8) is 0 Å². The van der Waals surface area contributed by atoms with Crippen molar-refractivity contribution in [3.8, 4) is 0 Å². The molecule has 1 amide bonds. The number of halogens is 1. The average molecular weight is 357 g/mol. The highest BCUT2D eigenvalue weighted by atomic mass is 79.9. The summed E-state index contributed by atoms with van der Waals surface area (Å²) in [6.07, 6.45) is 1.54. The van der Waals surface area contributed by atoms with E-state index in [9.17, 15) is 14.9 Å². The van der Waals surface area contributed by atoms with Crippen molar-refractivity contribution < 1.29 is 9.72 Å². The summed E-state index contributed by atoms with van der Waals surface area (Å²) >= 11 is 4.45. The van der Waals surface area contributed by atoms with Crippen LogP contribution in [0.2, 0.25) is 0 Å². The number of carbonyl (C=O) groups excluding carboxylic acids is 1. The molecule has 1 heterocycles. The van der Waals surface area contributed by atoms with Gasteiger partial charge in [0.1, 0.15) is 11.3 Å². The smallest absolute Gasteiger partial charge is 0.305 e. The number of hydrogen-bond donors (Lipinski definition) is 2. The zero-order valence-electron chi connectivity index (χ0n) is 10.2. The first kappa shape index (κ1) is 14.4. The second kappa shape index (κ2) is 5.97. The Labute approximate surface area is 126 Å². The number of hydrogen-bond acceptors (Lipinski definition) is 6. The second-order valence-corrected chi connectivity index (χ2v) is 6.04. The number of aromatic nitrogens is 1. The Morgan fingerprint density at radius 2 is 2.25 bits per heavy atom. The van der Waals surface area contributed by atoms with Crippen LogP contribution in [0.5, 0.6) is 0 Å². The molecule has 7 nitrogen and oxygen atoms in total. The minimum absolute atomic E-state index is 0.0202. The van der Waals surface area contributed by atoms with Gasteiger partial charge in [-0.15, -0.1) is 0 Å². The number of carbonyl (C=O) groups is 1. The van der Waals surface area contributed by atoms with Gasteiger partial charge in [0.05, 0.1) is 14.9 Å². The van der Waals surface area contributed by atoms with Gasteiger partial charge in [-0.25, -0.2) is 4.98 Å². The predicted octanol–water partition coefficient (Wildman–Crippen LogP) is 3.11. The number of amides is 1. The number of nitro groups is 1. The van der Waals surface area contributed by atoms with Crippen LogP contribution in [0.3, 0.4) is 0 Å². The molecule has 2 rings (SSSR count). The quantitative estimate of drug-likeness (QED) is 0.647. The number of thiazole rings is 1. The summed E-state index contributed by atoms with van der Waals surface area (Å²) in [6.45, 7) is 0. The van der Waals surface area contributed by atoms with Crippen LogP contribution in [-0.2, 0) is 0 Å². The molecule has 104 valence electrons. The average Bonchev–Trinajstić information content (AvgIpc) is 2.82. The molecule has 0 unspecified atom stereocenters. The van der Waals surface area contributed by atoms with Gasteiger partial charge in [0, 0.05) is 7.05 Å². The predicted molar refractivity (Wildman–Crippen MR) is 80.4 cm³/mol. The Morgan fingerprint density at radius 1 is 1.50 bits per heavy atom. The highest BCUT2D eigenvalue weighted by molar-refractivity contribution is 9.11. The number of anilines is 2. The van der Waals surface area contributed by atoms with Gasteiger partial charge in [0.15, 0.2) is 5.13 Å². The lowest BCUT2D eigenvalue weighted by Crippen LogP contribution is -2.14. The largest absolute Gasteiger partial charge is 0.383 e. The Bertz CT molecular complexity index is 673. The molecule has 0 spiro atoms. The third kappa shape index (κ3) is 2.94. The number of nitrogens with zero attached hydrogens (tertiary/aromatic N) is 2. The fourth-order valence-corrected chi connectivity index (χ4v) is 2.70. The molecule has 0 bridgehead atoms. The maximum absolute atomic E-state index is 12.1. The number of benzene rings is 1. The van der Waals surface area contributed by atoms with E-state index in [4.69, 9.17) is 0 Å². The molecular formula is C11H9BrN4O3S. The van der Waals surface area contributed by atoms with Crippen molar-refractivity contribution in [3.05, 3.63) is 43.9 Å². The first-order valence-corrected chi connectivity index (χ1v) is 7.01. The SMILES string of the molecule is CNc1cccc(C(=O)Nc2ncc(Br)s2)c1[N+](=O)[O-]. The van der Waals surface area contributed by atoms with E-state index in [1.807, 2.05) is 0 Å². The van der Waals surface area contributed by atoms with Crippen LogP contribution in [-0.4, -0.2) is 22.9 Å². The Hall–Kier alpha value is -2.00. The molecule has 0 saturated carbocycles. The van der Waals surface area contributed by atoms with Crippen molar-refractivity contribution in [1.82, 2.24) is 4.98 Å². The van der Waals surface area contributed by atoms with Gasteiger partial charge in [-0.2, -0.15) is 0 Å². The van der Waals surface area contributed by atoms with Crippen molar-refractivity contribution in [2.24, 2.45) is 0 Å². The minimum Gasteiger partial charge on any atom is -0.383 e. The monoisotopic (exact) mass is 356 g/mol. The topological polar surface area (TPSA) is 97.2 Å². The molecule has 1 aromatic heterocycles. The molecule has 20 heavy (non-hydrogen) atoms. The van der Waals surface area contributed by atoms with Gasteiger partial charge in [-0.1, -0.05) is 17.4 Å². The van der Waals surface area contributed by atoms with Crippen LogP contribution in [0, 0.1) is 10.1 Å². The van der Waals surface area contributed by atoms with Crippen LogP contribution < -0.4 is 10.6 Å². The fraction of sp³-hybridized carbons (Fsp3) is 0.0909. The van der Waals surface area contributed by atoms with E-state index in [1.54, 1.807) is 19.3 Å². The van der Waals surface area contributed by atoms with E-state index in [0.29, 0.717) is 5.13 Å². The first-order valence-electron chi connectivity index (χ1n) is 5.40. The molecule has 0 saturated heterocycles. The van der Waals surface area contributed by atoms with Crippen LogP contribution in [0.1, 0.15) is 10.4 Å². The molecule has 0 radical (unpaired) electrons. The van der Waals surface area contributed by atoms with Crippen molar-refractivity contribution in [2.75, 3.05) is 17.7 Å². The zero-order valence-corrected chi connectivity index (χ0v) is 12.6.